The molecule has 0 unspecified atom stereocenters. The lowest BCUT2D eigenvalue weighted by Gasteiger charge is -2.20. The quantitative estimate of drug-likeness (QED) is 0.462. The number of hydrogen-bond donors (Lipinski definition) is 1. The number of aromatic nitrogens is 3. The van der Waals surface area contributed by atoms with E-state index in [2.05, 4.69) is 11.1 Å². The average molecular weight is 448 g/mol. The third kappa shape index (κ3) is 4.54. The van der Waals surface area contributed by atoms with Crippen LogP contribution in [0.2, 0.25) is 5.02 Å². The van der Waals surface area contributed by atoms with Gasteiger partial charge in [0.2, 0.25) is 0 Å². The second-order valence-electron chi connectivity index (χ2n) is 8.22. The zero-order valence-electron chi connectivity index (χ0n) is 18.4. The van der Waals surface area contributed by atoms with Gasteiger partial charge in [-0.25, -0.2) is 4.98 Å². The first kappa shape index (κ1) is 22.1. The Morgan fingerprint density at radius 3 is 2.41 bits per heavy atom. The minimum Gasteiger partial charge on any atom is -0.394 e. The van der Waals surface area contributed by atoms with E-state index in [0.717, 1.165) is 33.6 Å². The number of pyridine rings is 1. The van der Waals surface area contributed by atoms with Crippen molar-refractivity contribution in [2.45, 2.75) is 33.2 Å². The van der Waals surface area contributed by atoms with Crippen molar-refractivity contribution in [1.29, 1.82) is 0 Å². The highest BCUT2D eigenvalue weighted by molar-refractivity contribution is 6.30. The summed E-state index contributed by atoms with van der Waals surface area (Å²) >= 11 is 6.39. The fraction of sp³-hybridized carbons (Fsp3) is 0.231. The molecule has 0 bridgehead atoms. The predicted molar refractivity (Wildman–Crippen MR) is 128 cm³/mol. The van der Waals surface area contributed by atoms with Crippen molar-refractivity contribution in [3.8, 4) is 5.69 Å². The van der Waals surface area contributed by atoms with Crippen LogP contribution < -0.4 is 5.56 Å². The Hall–Kier alpha value is -3.15. The molecule has 4 aromatic rings. The van der Waals surface area contributed by atoms with Gasteiger partial charge in [0.25, 0.3) is 5.56 Å². The Balaban J connectivity index is 1.68. The fourth-order valence-corrected chi connectivity index (χ4v) is 4.25. The SMILES string of the molecule is Cc1ccc([C@H](CO)n2cc(Cl)cc(Cc3ccc(-n4cnc(C)c4)c(C)c3)c2=O)cc1. The molecule has 0 spiro atoms. The van der Waals surface area contributed by atoms with Crippen LogP contribution in [0.15, 0.2) is 72.0 Å². The molecule has 2 aromatic carbocycles. The summed E-state index contributed by atoms with van der Waals surface area (Å²) in [6, 6.07) is 15.2. The van der Waals surface area contributed by atoms with Crippen LogP contribution in [0.5, 0.6) is 0 Å². The molecule has 2 heterocycles. The predicted octanol–water partition coefficient (Wildman–Crippen LogP) is 4.79. The number of aryl methyl sites for hydroxylation is 3. The second-order valence-corrected chi connectivity index (χ2v) is 8.66. The molecule has 0 saturated heterocycles. The van der Waals surface area contributed by atoms with Crippen LogP contribution in [0.4, 0.5) is 0 Å². The van der Waals surface area contributed by atoms with Crippen molar-refractivity contribution in [3.05, 3.63) is 116 Å². The number of nitrogens with zero attached hydrogens (tertiary/aromatic N) is 3. The van der Waals surface area contributed by atoms with Gasteiger partial charge in [-0.1, -0.05) is 53.6 Å². The summed E-state index contributed by atoms with van der Waals surface area (Å²) < 4.78 is 3.53. The molecule has 5 nitrogen and oxygen atoms in total. The lowest BCUT2D eigenvalue weighted by molar-refractivity contribution is 0.247. The molecule has 0 radical (unpaired) electrons. The second kappa shape index (κ2) is 9.15. The molecule has 2 aromatic heterocycles. The first-order chi connectivity index (χ1) is 15.4. The Labute approximate surface area is 192 Å². The molecule has 1 atom stereocenters. The number of rotatable bonds is 6. The number of imidazole rings is 1. The average Bonchev–Trinajstić information content (AvgIpc) is 3.19. The van der Waals surface area contributed by atoms with Gasteiger partial charge < -0.3 is 14.2 Å². The summed E-state index contributed by atoms with van der Waals surface area (Å²) in [6.45, 7) is 5.81. The highest BCUT2D eigenvalue weighted by Gasteiger charge is 2.17. The van der Waals surface area contributed by atoms with Gasteiger partial charge in [-0.05, 0) is 49.6 Å². The third-order valence-electron chi connectivity index (χ3n) is 5.70. The zero-order valence-corrected chi connectivity index (χ0v) is 19.2. The van der Waals surface area contributed by atoms with Gasteiger partial charge in [0.15, 0.2) is 0 Å². The number of benzene rings is 2. The topological polar surface area (TPSA) is 60.1 Å². The van der Waals surface area contributed by atoms with E-state index < -0.39 is 6.04 Å². The minimum absolute atomic E-state index is 0.152. The zero-order chi connectivity index (χ0) is 22.8. The summed E-state index contributed by atoms with van der Waals surface area (Å²) in [6.07, 6.45) is 5.84. The van der Waals surface area contributed by atoms with Crippen molar-refractivity contribution >= 4 is 11.6 Å². The Bertz CT molecular complexity index is 1310. The molecule has 6 heteroatoms. The van der Waals surface area contributed by atoms with Crippen LogP contribution in [0.3, 0.4) is 0 Å². The first-order valence-electron chi connectivity index (χ1n) is 10.5. The summed E-state index contributed by atoms with van der Waals surface area (Å²) in [5, 5.41) is 10.5. The number of halogens is 1. The molecule has 0 amide bonds. The van der Waals surface area contributed by atoms with Gasteiger partial charge in [0, 0.05) is 30.1 Å². The van der Waals surface area contributed by atoms with Crippen LogP contribution in [-0.4, -0.2) is 25.8 Å². The van der Waals surface area contributed by atoms with Gasteiger partial charge >= 0.3 is 0 Å². The molecule has 0 aliphatic rings. The van der Waals surface area contributed by atoms with Crippen LogP contribution >= 0.6 is 11.6 Å². The van der Waals surface area contributed by atoms with Gasteiger partial charge in [-0.3, -0.25) is 4.79 Å². The van der Waals surface area contributed by atoms with Crippen molar-refractivity contribution in [2.24, 2.45) is 0 Å². The minimum atomic E-state index is -0.492. The fourth-order valence-electron chi connectivity index (χ4n) is 4.01. The van der Waals surface area contributed by atoms with Gasteiger partial charge in [-0.2, -0.15) is 0 Å². The van der Waals surface area contributed by atoms with Crippen LogP contribution in [0.25, 0.3) is 5.69 Å². The number of hydrogen-bond acceptors (Lipinski definition) is 3. The number of aliphatic hydroxyl groups is 1. The van der Waals surface area contributed by atoms with Crippen LogP contribution in [-0.2, 0) is 6.42 Å². The van der Waals surface area contributed by atoms with Crippen LogP contribution in [0, 0.1) is 20.8 Å². The van der Waals surface area contributed by atoms with Crippen LogP contribution in [0.1, 0.15) is 39.6 Å². The molecule has 1 N–H and O–H groups in total. The monoisotopic (exact) mass is 447 g/mol. The molecule has 4 rings (SSSR count). The number of aliphatic hydroxyl groups excluding tert-OH is 1. The highest BCUT2D eigenvalue weighted by atomic mass is 35.5. The smallest absolute Gasteiger partial charge is 0.254 e. The summed E-state index contributed by atoms with van der Waals surface area (Å²) in [5.41, 5.74) is 6.55. The lowest BCUT2D eigenvalue weighted by atomic mass is 10.0. The van der Waals surface area contributed by atoms with Gasteiger partial charge in [0.05, 0.1) is 29.7 Å². The molecule has 0 fully saturated rings. The largest absolute Gasteiger partial charge is 0.394 e. The Kier molecular flexibility index (Phi) is 6.31. The maximum Gasteiger partial charge on any atom is 0.254 e. The van der Waals surface area contributed by atoms with E-state index >= 15 is 0 Å². The van der Waals surface area contributed by atoms with E-state index in [1.165, 1.54) is 4.57 Å². The van der Waals surface area contributed by atoms with E-state index in [1.54, 1.807) is 18.6 Å². The van der Waals surface area contributed by atoms with Crippen molar-refractivity contribution in [1.82, 2.24) is 14.1 Å². The van der Waals surface area contributed by atoms with Crippen molar-refractivity contribution in [2.75, 3.05) is 6.61 Å². The van der Waals surface area contributed by atoms with E-state index in [4.69, 9.17) is 11.6 Å². The Morgan fingerprint density at radius 1 is 1.03 bits per heavy atom. The molecular weight excluding hydrogens is 422 g/mol. The molecule has 0 saturated carbocycles. The molecule has 164 valence electrons. The molecule has 0 aliphatic carbocycles. The van der Waals surface area contributed by atoms with E-state index in [9.17, 15) is 9.90 Å². The van der Waals surface area contributed by atoms with E-state index in [-0.39, 0.29) is 12.2 Å². The maximum atomic E-state index is 13.3. The molecule has 0 aliphatic heterocycles. The van der Waals surface area contributed by atoms with Crippen molar-refractivity contribution < 1.29 is 5.11 Å². The highest BCUT2D eigenvalue weighted by Crippen LogP contribution is 2.22. The molecule has 32 heavy (non-hydrogen) atoms. The lowest BCUT2D eigenvalue weighted by Crippen LogP contribution is -2.30. The Morgan fingerprint density at radius 2 is 1.78 bits per heavy atom. The van der Waals surface area contributed by atoms with Gasteiger partial charge in [-0.15, -0.1) is 0 Å². The standard InChI is InChI=1S/C26H26ClN3O2/c1-17-4-7-21(8-5-17)25(15-31)30-14-23(27)12-22(26(30)32)11-20-6-9-24(18(2)10-20)29-13-19(3)28-16-29/h4-10,12-14,16,25,31H,11,15H2,1-3H3/t25-/m0/s1. The summed E-state index contributed by atoms with van der Waals surface area (Å²) in [7, 11) is 0. The molecular formula is C26H26ClN3O2. The first-order valence-corrected chi connectivity index (χ1v) is 10.9. The third-order valence-corrected chi connectivity index (χ3v) is 5.91. The van der Waals surface area contributed by atoms with E-state index in [0.29, 0.717) is 17.0 Å². The summed E-state index contributed by atoms with van der Waals surface area (Å²) in [5.74, 6) is 0. The normalized spacial score (nSPS) is 12.2. The maximum absolute atomic E-state index is 13.3. The van der Waals surface area contributed by atoms with Gasteiger partial charge in [0.1, 0.15) is 0 Å². The van der Waals surface area contributed by atoms with E-state index in [1.807, 2.05) is 67.9 Å². The van der Waals surface area contributed by atoms with Crippen molar-refractivity contribution in [3.63, 3.8) is 0 Å². The summed E-state index contributed by atoms with van der Waals surface area (Å²) in [4.78, 5) is 17.6.